The highest BCUT2D eigenvalue weighted by Crippen LogP contribution is 2.28. The predicted molar refractivity (Wildman–Crippen MR) is 83.6 cm³/mol. The average Bonchev–Trinajstić information content (AvgIpc) is 3.15. The van der Waals surface area contributed by atoms with Crippen LogP contribution in [0.25, 0.3) is 0 Å². The lowest BCUT2D eigenvalue weighted by atomic mass is 10.2. The maximum Gasteiger partial charge on any atom is 0.185 e. The minimum absolute atomic E-state index is 0.730. The van der Waals surface area contributed by atoms with E-state index >= 15 is 0 Å². The largest absolute Gasteiger partial charge is 0.378 e. The van der Waals surface area contributed by atoms with Crippen LogP contribution in [0.1, 0.15) is 43.2 Å². The van der Waals surface area contributed by atoms with Crippen molar-refractivity contribution in [1.29, 1.82) is 0 Å². The summed E-state index contributed by atoms with van der Waals surface area (Å²) in [5.41, 5.74) is 1.28. The van der Waals surface area contributed by atoms with Crippen LogP contribution in [0.5, 0.6) is 0 Å². The third-order valence-electron chi connectivity index (χ3n) is 4.29. The van der Waals surface area contributed by atoms with Gasteiger partial charge in [-0.15, -0.1) is 11.3 Å². The SMILES string of the molecule is CCc1nc(N2CCOCC2)sc1CNC1CCCC1. The molecule has 1 aliphatic heterocycles. The van der Waals surface area contributed by atoms with Gasteiger partial charge in [0.15, 0.2) is 5.13 Å². The topological polar surface area (TPSA) is 37.4 Å². The summed E-state index contributed by atoms with van der Waals surface area (Å²) in [6, 6.07) is 0.730. The third-order valence-corrected chi connectivity index (χ3v) is 5.45. The highest BCUT2D eigenvalue weighted by atomic mass is 32.1. The number of hydrogen-bond acceptors (Lipinski definition) is 5. The Labute approximate surface area is 125 Å². The van der Waals surface area contributed by atoms with Gasteiger partial charge < -0.3 is 15.0 Å². The zero-order chi connectivity index (χ0) is 13.8. The van der Waals surface area contributed by atoms with Crippen molar-refractivity contribution in [3.8, 4) is 0 Å². The van der Waals surface area contributed by atoms with Crippen molar-refractivity contribution in [3.63, 3.8) is 0 Å². The molecule has 20 heavy (non-hydrogen) atoms. The Morgan fingerprint density at radius 3 is 2.75 bits per heavy atom. The molecule has 5 heteroatoms. The summed E-state index contributed by atoms with van der Waals surface area (Å²) in [6.07, 6.45) is 6.50. The molecule has 0 atom stereocenters. The maximum absolute atomic E-state index is 5.42. The second-order valence-corrected chi connectivity index (χ2v) is 6.74. The average molecular weight is 295 g/mol. The molecule has 0 radical (unpaired) electrons. The number of nitrogens with one attached hydrogen (secondary N) is 1. The number of aromatic nitrogens is 1. The van der Waals surface area contributed by atoms with Crippen molar-refractivity contribution in [2.24, 2.45) is 0 Å². The number of nitrogens with zero attached hydrogens (tertiary/aromatic N) is 2. The number of morpholine rings is 1. The second-order valence-electron chi connectivity index (χ2n) is 5.68. The van der Waals surface area contributed by atoms with E-state index in [1.165, 1.54) is 41.4 Å². The van der Waals surface area contributed by atoms with E-state index in [9.17, 15) is 0 Å². The molecule has 3 rings (SSSR count). The van der Waals surface area contributed by atoms with Crippen molar-refractivity contribution < 1.29 is 4.74 Å². The highest BCUT2D eigenvalue weighted by molar-refractivity contribution is 7.15. The van der Waals surface area contributed by atoms with Gasteiger partial charge in [-0.1, -0.05) is 19.8 Å². The van der Waals surface area contributed by atoms with Gasteiger partial charge in [0.1, 0.15) is 0 Å². The molecule has 0 aromatic carbocycles. The molecule has 4 nitrogen and oxygen atoms in total. The van der Waals surface area contributed by atoms with Gasteiger partial charge in [-0.3, -0.25) is 0 Å². The molecule has 2 fully saturated rings. The number of hydrogen-bond donors (Lipinski definition) is 1. The van der Waals surface area contributed by atoms with Gasteiger partial charge in [0.2, 0.25) is 0 Å². The molecule has 1 saturated heterocycles. The lowest BCUT2D eigenvalue weighted by molar-refractivity contribution is 0.122. The first kappa shape index (κ1) is 14.3. The molecular formula is C15H25N3OS. The fourth-order valence-electron chi connectivity index (χ4n) is 3.04. The summed E-state index contributed by atoms with van der Waals surface area (Å²) in [5.74, 6) is 0. The van der Waals surface area contributed by atoms with Gasteiger partial charge in [-0.25, -0.2) is 4.98 Å². The summed E-state index contributed by atoms with van der Waals surface area (Å²) in [6.45, 7) is 6.82. The molecule has 0 bridgehead atoms. The number of ether oxygens (including phenoxy) is 1. The van der Waals surface area contributed by atoms with E-state index in [2.05, 4.69) is 17.1 Å². The number of aryl methyl sites for hydroxylation is 1. The van der Waals surface area contributed by atoms with Crippen molar-refractivity contribution >= 4 is 16.5 Å². The van der Waals surface area contributed by atoms with E-state index in [1.807, 2.05) is 11.3 Å². The minimum atomic E-state index is 0.730. The molecular weight excluding hydrogens is 270 g/mol. The Morgan fingerprint density at radius 2 is 2.05 bits per heavy atom. The summed E-state index contributed by atoms with van der Waals surface area (Å²) in [7, 11) is 0. The number of anilines is 1. The van der Waals surface area contributed by atoms with Crippen molar-refractivity contribution in [3.05, 3.63) is 10.6 Å². The van der Waals surface area contributed by atoms with Crippen LogP contribution in [0.3, 0.4) is 0 Å². The molecule has 112 valence electrons. The fraction of sp³-hybridized carbons (Fsp3) is 0.800. The first-order chi connectivity index (χ1) is 9.86. The Morgan fingerprint density at radius 1 is 1.30 bits per heavy atom. The standard InChI is InChI=1S/C15H25N3OS/c1-2-13-14(11-16-12-5-3-4-6-12)20-15(17-13)18-7-9-19-10-8-18/h12,16H,2-11H2,1H3. The Balaban J connectivity index is 1.64. The van der Waals surface area contributed by atoms with Crippen molar-refractivity contribution in [1.82, 2.24) is 10.3 Å². The Hall–Kier alpha value is -0.650. The van der Waals surface area contributed by atoms with Gasteiger partial charge in [0.25, 0.3) is 0 Å². The summed E-state index contributed by atoms with van der Waals surface area (Å²) < 4.78 is 5.42. The Bertz CT molecular complexity index is 423. The lowest BCUT2D eigenvalue weighted by Gasteiger charge is -2.26. The van der Waals surface area contributed by atoms with Gasteiger partial charge in [-0.2, -0.15) is 0 Å². The summed E-state index contributed by atoms with van der Waals surface area (Å²) >= 11 is 1.87. The van der Waals surface area contributed by atoms with E-state index in [1.54, 1.807) is 0 Å². The summed E-state index contributed by atoms with van der Waals surface area (Å²) in [4.78, 5) is 8.65. The van der Waals surface area contributed by atoms with Crippen LogP contribution in [0, 0.1) is 0 Å². The molecule has 2 aliphatic rings. The summed E-state index contributed by atoms with van der Waals surface area (Å²) in [5, 5.41) is 4.90. The van der Waals surface area contributed by atoms with Crippen LogP contribution in [-0.4, -0.2) is 37.3 Å². The molecule has 1 aromatic rings. The van der Waals surface area contributed by atoms with E-state index in [0.717, 1.165) is 45.3 Å². The highest BCUT2D eigenvalue weighted by Gasteiger charge is 2.19. The minimum Gasteiger partial charge on any atom is -0.378 e. The fourth-order valence-corrected chi connectivity index (χ4v) is 4.19. The smallest absolute Gasteiger partial charge is 0.185 e. The van der Waals surface area contributed by atoms with Crippen molar-refractivity contribution in [2.75, 3.05) is 31.2 Å². The molecule has 1 N–H and O–H groups in total. The zero-order valence-corrected chi connectivity index (χ0v) is 13.2. The van der Waals surface area contributed by atoms with E-state index in [0.29, 0.717) is 0 Å². The van der Waals surface area contributed by atoms with Crippen LogP contribution in [-0.2, 0) is 17.7 Å². The van der Waals surface area contributed by atoms with E-state index in [4.69, 9.17) is 9.72 Å². The monoisotopic (exact) mass is 295 g/mol. The normalized spacial score (nSPS) is 20.8. The van der Waals surface area contributed by atoms with E-state index in [-0.39, 0.29) is 0 Å². The van der Waals surface area contributed by atoms with Gasteiger partial charge in [0, 0.05) is 30.6 Å². The third kappa shape index (κ3) is 3.32. The Kier molecular flexibility index (Phi) is 4.91. The number of rotatable bonds is 5. The zero-order valence-electron chi connectivity index (χ0n) is 12.4. The quantitative estimate of drug-likeness (QED) is 0.906. The van der Waals surface area contributed by atoms with Gasteiger partial charge in [-0.05, 0) is 19.3 Å². The molecule has 0 spiro atoms. The van der Waals surface area contributed by atoms with Crippen LogP contribution >= 0.6 is 11.3 Å². The predicted octanol–water partition coefficient (Wildman–Crippen LogP) is 2.57. The van der Waals surface area contributed by atoms with Crippen LogP contribution < -0.4 is 10.2 Å². The first-order valence-corrected chi connectivity index (χ1v) is 8.73. The van der Waals surface area contributed by atoms with Crippen molar-refractivity contribution in [2.45, 2.75) is 51.6 Å². The first-order valence-electron chi connectivity index (χ1n) is 7.91. The molecule has 1 aliphatic carbocycles. The molecule has 0 amide bonds. The molecule has 0 unspecified atom stereocenters. The maximum atomic E-state index is 5.42. The second kappa shape index (κ2) is 6.87. The molecule has 2 heterocycles. The van der Waals surface area contributed by atoms with E-state index < -0.39 is 0 Å². The molecule has 1 aromatic heterocycles. The van der Waals surface area contributed by atoms with Crippen LogP contribution in [0.15, 0.2) is 0 Å². The lowest BCUT2D eigenvalue weighted by Crippen LogP contribution is -2.36. The van der Waals surface area contributed by atoms with Crippen LogP contribution in [0.2, 0.25) is 0 Å². The van der Waals surface area contributed by atoms with Gasteiger partial charge >= 0.3 is 0 Å². The number of thiazole rings is 1. The van der Waals surface area contributed by atoms with Gasteiger partial charge in [0.05, 0.1) is 18.9 Å². The van der Waals surface area contributed by atoms with Crippen LogP contribution in [0.4, 0.5) is 5.13 Å². The molecule has 1 saturated carbocycles.